The minimum absolute atomic E-state index is 0.201. The number of hydrogen-bond acceptors (Lipinski definition) is 1. The van der Waals surface area contributed by atoms with Crippen molar-refractivity contribution < 1.29 is 9.18 Å². The largest absolute Gasteiger partial charge is 0.331 e. The van der Waals surface area contributed by atoms with E-state index in [0.717, 1.165) is 5.56 Å². The molecule has 2 aromatic rings. The lowest BCUT2D eigenvalue weighted by Gasteiger charge is -2.21. The molecule has 0 aromatic heterocycles. The standard InChI is InChI=1S/C17H16FNO/c1-2-11-19(13-14-7-4-3-5-8-14)17(20)15-9-6-10-16(18)12-15/h2-10,12H,1,11,13H2. The van der Waals surface area contributed by atoms with Gasteiger partial charge in [0, 0.05) is 18.7 Å². The van der Waals surface area contributed by atoms with Crippen LogP contribution < -0.4 is 0 Å². The lowest BCUT2D eigenvalue weighted by Crippen LogP contribution is -2.30. The van der Waals surface area contributed by atoms with E-state index < -0.39 is 5.82 Å². The third-order valence-corrected chi connectivity index (χ3v) is 2.92. The number of amides is 1. The van der Waals surface area contributed by atoms with Crippen LogP contribution in [0.4, 0.5) is 4.39 Å². The van der Waals surface area contributed by atoms with Crippen LogP contribution in [0.25, 0.3) is 0 Å². The van der Waals surface area contributed by atoms with Crippen molar-refractivity contribution in [3.63, 3.8) is 0 Å². The molecule has 0 saturated carbocycles. The Morgan fingerprint density at radius 3 is 2.55 bits per heavy atom. The Kier molecular flexibility index (Phi) is 4.66. The second-order valence-corrected chi connectivity index (χ2v) is 4.47. The lowest BCUT2D eigenvalue weighted by molar-refractivity contribution is 0.0762. The zero-order valence-electron chi connectivity index (χ0n) is 11.1. The zero-order valence-corrected chi connectivity index (χ0v) is 11.1. The molecule has 102 valence electrons. The molecule has 0 heterocycles. The van der Waals surface area contributed by atoms with E-state index in [2.05, 4.69) is 6.58 Å². The summed E-state index contributed by atoms with van der Waals surface area (Å²) in [5.74, 6) is -0.609. The number of halogens is 1. The third kappa shape index (κ3) is 3.54. The third-order valence-electron chi connectivity index (χ3n) is 2.92. The fourth-order valence-corrected chi connectivity index (χ4v) is 1.98. The van der Waals surface area contributed by atoms with Crippen LogP contribution in [0, 0.1) is 5.82 Å². The summed E-state index contributed by atoms with van der Waals surface area (Å²) in [6.07, 6.45) is 1.67. The monoisotopic (exact) mass is 269 g/mol. The summed E-state index contributed by atoms with van der Waals surface area (Å²) in [7, 11) is 0. The normalized spacial score (nSPS) is 10.1. The molecule has 0 saturated heterocycles. The van der Waals surface area contributed by atoms with Crippen LogP contribution in [-0.4, -0.2) is 17.4 Å². The first-order valence-corrected chi connectivity index (χ1v) is 6.40. The first-order chi connectivity index (χ1) is 9.70. The van der Waals surface area contributed by atoms with Crippen LogP contribution in [0.3, 0.4) is 0 Å². The van der Waals surface area contributed by atoms with Gasteiger partial charge in [-0.3, -0.25) is 4.79 Å². The number of hydrogen-bond donors (Lipinski definition) is 0. The van der Waals surface area contributed by atoms with E-state index >= 15 is 0 Å². The summed E-state index contributed by atoms with van der Waals surface area (Å²) in [4.78, 5) is 14.0. The predicted molar refractivity (Wildman–Crippen MR) is 77.8 cm³/mol. The maximum Gasteiger partial charge on any atom is 0.254 e. The lowest BCUT2D eigenvalue weighted by atomic mass is 10.1. The molecular formula is C17H16FNO. The summed E-state index contributed by atoms with van der Waals surface area (Å²) < 4.78 is 13.2. The second kappa shape index (κ2) is 6.66. The van der Waals surface area contributed by atoms with Crippen LogP contribution in [0.15, 0.2) is 67.3 Å². The summed E-state index contributed by atoms with van der Waals surface area (Å²) in [6.45, 7) is 4.56. The number of nitrogens with zero attached hydrogens (tertiary/aromatic N) is 1. The summed E-state index contributed by atoms with van der Waals surface area (Å²) >= 11 is 0. The summed E-state index contributed by atoms with van der Waals surface area (Å²) in [5, 5.41) is 0. The molecule has 2 aromatic carbocycles. The number of benzene rings is 2. The smallest absolute Gasteiger partial charge is 0.254 e. The molecule has 1 amide bonds. The van der Waals surface area contributed by atoms with Crippen molar-refractivity contribution in [2.24, 2.45) is 0 Å². The van der Waals surface area contributed by atoms with Crippen LogP contribution in [-0.2, 0) is 6.54 Å². The fraction of sp³-hybridized carbons (Fsp3) is 0.118. The molecule has 0 spiro atoms. The molecule has 20 heavy (non-hydrogen) atoms. The Hall–Kier alpha value is -2.42. The van der Waals surface area contributed by atoms with Gasteiger partial charge in [-0.15, -0.1) is 6.58 Å². The van der Waals surface area contributed by atoms with E-state index in [4.69, 9.17) is 0 Å². The fourth-order valence-electron chi connectivity index (χ4n) is 1.98. The number of carbonyl (C=O) groups is 1. The number of carbonyl (C=O) groups excluding carboxylic acids is 1. The molecule has 0 aliphatic rings. The summed E-state index contributed by atoms with van der Waals surface area (Å²) in [5.41, 5.74) is 1.38. The minimum atomic E-state index is -0.408. The van der Waals surface area contributed by atoms with Gasteiger partial charge in [-0.05, 0) is 23.8 Å². The van der Waals surface area contributed by atoms with Gasteiger partial charge in [-0.2, -0.15) is 0 Å². The highest BCUT2D eigenvalue weighted by atomic mass is 19.1. The van der Waals surface area contributed by atoms with Gasteiger partial charge >= 0.3 is 0 Å². The zero-order chi connectivity index (χ0) is 14.4. The van der Waals surface area contributed by atoms with Gasteiger partial charge in [-0.25, -0.2) is 4.39 Å². The first-order valence-electron chi connectivity index (χ1n) is 6.40. The van der Waals surface area contributed by atoms with E-state index in [9.17, 15) is 9.18 Å². The minimum Gasteiger partial charge on any atom is -0.331 e. The molecule has 0 radical (unpaired) electrons. The Labute approximate surface area is 118 Å². The van der Waals surface area contributed by atoms with Crippen LogP contribution in [0.2, 0.25) is 0 Å². The maximum absolute atomic E-state index is 13.2. The molecular weight excluding hydrogens is 253 g/mol. The van der Waals surface area contributed by atoms with Crippen molar-refractivity contribution in [3.8, 4) is 0 Å². The number of rotatable bonds is 5. The topological polar surface area (TPSA) is 20.3 Å². The quantitative estimate of drug-likeness (QED) is 0.759. The van der Waals surface area contributed by atoms with Crippen molar-refractivity contribution >= 4 is 5.91 Å². The predicted octanol–water partition coefficient (Wildman–Crippen LogP) is 3.65. The van der Waals surface area contributed by atoms with E-state index in [1.54, 1.807) is 17.0 Å². The van der Waals surface area contributed by atoms with E-state index in [1.807, 2.05) is 30.3 Å². The van der Waals surface area contributed by atoms with Gasteiger partial charge in [0.05, 0.1) is 0 Å². The summed E-state index contributed by atoms with van der Waals surface area (Å²) in [6, 6.07) is 15.4. The molecule has 0 N–H and O–H groups in total. The molecule has 2 nitrogen and oxygen atoms in total. The van der Waals surface area contributed by atoms with Crippen molar-refractivity contribution in [2.75, 3.05) is 6.54 Å². The van der Waals surface area contributed by atoms with E-state index in [0.29, 0.717) is 18.7 Å². The second-order valence-electron chi connectivity index (χ2n) is 4.47. The van der Waals surface area contributed by atoms with Crippen molar-refractivity contribution in [3.05, 3.63) is 84.2 Å². The molecule has 0 aliphatic carbocycles. The highest BCUT2D eigenvalue weighted by Gasteiger charge is 2.15. The average molecular weight is 269 g/mol. The molecule has 2 rings (SSSR count). The molecule has 0 unspecified atom stereocenters. The van der Waals surface area contributed by atoms with Gasteiger partial charge in [0.15, 0.2) is 0 Å². The van der Waals surface area contributed by atoms with Gasteiger partial charge in [-0.1, -0.05) is 42.5 Å². The van der Waals surface area contributed by atoms with Crippen molar-refractivity contribution in [1.82, 2.24) is 4.90 Å². The maximum atomic E-state index is 13.2. The highest BCUT2D eigenvalue weighted by molar-refractivity contribution is 5.94. The SMILES string of the molecule is C=CCN(Cc1ccccc1)C(=O)c1cccc(F)c1. The van der Waals surface area contributed by atoms with Crippen molar-refractivity contribution in [1.29, 1.82) is 0 Å². The van der Waals surface area contributed by atoms with E-state index in [1.165, 1.54) is 18.2 Å². The molecule has 0 aliphatic heterocycles. The Balaban J connectivity index is 2.20. The Morgan fingerprint density at radius 2 is 1.90 bits per heavy atom. The first kappa shape index (κ1) is 14.0. The van der Waals surface area contributed by atoms with Gasteiger partial charge in [0.2, 0.25) is 0 Å². The Morgan fingerprint density at radius 1 is 1.15 bits per heavy atom. The molecule has 3 heteroatoms. The van der Waals surface area contributed by atoms with E-state index in [-0.39, 0.29) is 5.91 Å². The molecule has 0 bridgehead atoms. The highest BCUT2D eigenvalue weighted by Crippen LogP contribution is 2.11. The van der Waals surface area contributed by atoms with Crippen LogP contribution in [0.1, 0.15) is 15.9 Å². The van der Waals surface area contributed by atoms with Crippen LogP contribution in [0.5, 0.6) is 0 Å². The van der Waals surface area contributed by atoms with Gasteiger partial charge in [0.25, 0.3) is 5.91 Å². The van der Waals surface area contributed by atoms with Crippen LogP contribution >= 0.6 is 0 Å². The molecule has 0 atom stereocenters. The average Bonchev–Trinajstić information content (AvgIpc) is 2.47. The van der Waals surface area contributed by atoms with Gasteiger partial charge < -0.3 is 4.90 Å². The van der Waals surface area contributed by atoms with Crippen molar-refractivity contribution in [2.45, 2.75) is 6.54 Å². The van der Waals surface area contributed by atoms with Gasteiger partial charge in [0.1, 0.15) is 5.82 Å². The molecule has 0 fully saturated rings. The Bertz CT molecular complexity index is 595.